The second-order valence-corrected chi connectivity index (χ2v) is 17.2. The number of halogens is 6. The fraction of sp³-hybridized carbons (Fsp3) is 0.486. The molecule has 9 heteroatoms. The zero-order chi connectivity index (χ0) is 33.3. The number of ether oxygens (including phenoxy) is 2. The molecule has 2 aromatic carbocycles. The van der Waals surface area contributed by atoms with Crippen LogP contribution in [0.4, 0.5) is 26.3 Å². The number of hydrogen-bond donors (Lipinski definition) is 0. The summed E-state index contributed by atoms with van der Waals surface area (Å²) in [6, 6.07) is 9.57. The third-order valence-corrected chi connectivity index (χ3v) is 14.2. The molecular weight excluding hydrogens is 594 g/mol. The Hall–Kier alpha value is -2.80. The van der Waals surface area contributed by atoms with Gasteiger partial charge in [0.2, 0.25) is 0 Å². The van der Waals surface area contributed by atoms with Crippen LogP contribution in [0.1, 0.15) is 77.6 Å². The molecule has 44 heavy (non-hydrogen) atoms. The molecule has 2 aromatic rings. The summed E-state index contributed by atoms with van der Waals surface area (Å²) in [5.41, 5.74) is 5.81. The van der Waals surface area contributed by atoms with E-state index in [1.54, 1.807) is 6.08 Å². The summed E-state index contributed by atoms with van der Waals surface area (Å²) < 4.78 is 91.9. The van der Waals surface area contributed by atoms with E-state index in [4.69, 9.17) is 9.47 Å². The van der Waals surface area contributed by atoms with Gasteiger partial charge in [-0.3, -0.25) is 0 Å². The predicted molar refractivity (Wildman–Crippen MR) is 170 cm³/mol. The molecule has 0 spiro atoms. The third kappa shape index (κ3) is 9.60. The first-order chi connectivity index (χ1) is 20.5. The average molecular weight is 639 g/mol. The van der Waals surface area contributed by atoms with Crippen molar-refractivity contribution >= 4 is 19.7 Å². The van der Waals surface area contributed by atoms with Crippen LogP contribution in [-0.2, 0) is 21.8 Å². The topological polar surface area (TPSA) is 18.5 Å². The highest BCUT2D eigenvalue weighted by Gasteiger charge is 2.42. The molecule has 0 N–H and O–H groups in total. The van der Waals surface area contributed by atoms with Gasteiger partial charge in [0.1, 0.15) is 8.07 Å². The second kappa shape index (κ2) is 16.0. The van der Waals surface area contributed by atoms with Gasteiger partial charge in [-0.05, 0) is 77.5 Å². The van der Waals surface area contributed by atoms with Crippen LogP contribution in [0.5, 0.6) is 0 Å². The lowest BCUT2D eigenvalue weighted by Crippen LogP contribution is -2.43. The number of hydrogen-bond acceptors (Lipinski definition) is 2. The van der Waals surface area contributed by atoms with Crippen molar-refractivity contribution < 1.29 is 35.8 Å². The van der Waals surface area contributed by atoms with E-state index in [-0.39, 0.29) is 13.2 Å². The summed E-state index contributed by atoms with van der Waals surface area (Å²) in [6.07, 6.45) is -7.30. The smallest absolute Gasteiger partial charge is 0.377 e. The highest BCUT2D eigenvalue weighted by atomic mass is 28.3. The molecule has 0 bridgehead atoms. The summed E-state index contributed by atoms with van der Waals surface area (Å²) in [4.78, 5) is 0. The van der Waals surface area contributed by atoms with E-state index in [1.165, 1.54) is 24.3 Å². The van der Waals surface area contributed by atoms with Gasteiger partial charge >= 0.3 is 12.4 Å². The van der Waals surface area contributed by atoms with Crippen molar-refractivity contribution in [3.05, 3.63) is 81.9 Å². The summed E-state index contributed by atoms with van der Waals surface area (Å²) in [5.74, 6) is 3.45. The Morgan fingerprint density at radius 2 is 1.14 bits per heavy atom. The van der Waals surface area contributed by atoms with Gasteiger partial charge in [0.15, 0.2) is 0 Å². The quantitative estimate of drug-likeness (QED) is 0.0997. The van der Waals surface area contributed by atoms with Gasteiger partial charge in [-0.2, -0.15) is 26.3 Å². The first-order valence-electron chi connectivity index (χ1n) is 15.0. The molecule has 2 rings (SSSR count). The zero-order valence-electron chi connectivity index (χ0n) is 26.8. The molecule has 0 aliphatic carbocycles. The fourth-order valence-electron chi connectivity index (χ4n) is 5.74. The van der Waals surface area contributed by atoms with E-state index in [9.17, 15) is 26.3 Å². The standard InChI is InChI=1S/C35H44F6O2Si/c1-9-42-22-29(19-20-44(24(3)4,25(5)6)26(7)8)33(28-13-17-32(18-14-28)35(39,40)41)30(23-43-10-2)21-27-11-15-31(16-12-27)34(36,37)38/h11-18,21,24-26H,9-10,22-23H2,1-8H3/b30-21+,33-29+. The van der Waals surface area contributed by atoms with Crippen molar-refractivity contribution in [1.82, 2.24) is 0 Å². The molecule has 0 aromatic heterocycles. The Morgan fingerprint density at radius 3 is 1.55 bits per heavy atom. The van der Waals surface area contributed by atoms with Crippen LogP contribution in [0.25, 0.3) is 11.6 Å². The van der Waals surface area contributed by atoms with Gasteiger partial charge < -0.3 is 9.47 Å². The Bertz CT molecular complexity index is 1300. The van der Waals surface area contributed by atoms with E-state index in [0.717, 1.165) is 24.3 Å². The fourth-order valence-corrected chi connectivity index (χ4v) is 11.0. The van der Waals surface area contributed by atoms with Crippen molar-refractivity contribution in [2.24, 2.45) is 0 Å². The monoisotopic (exact) mass is 638 g/mol. The molecule has 0 aliphatic heterocycles. The van der Waals surface area contributed by atoms with Crippen LogP contribution in [0.15, 0.2) is 59.7 Å². The average Bonchev–Trinajstić information content (AvgIpc) is 2.93. The normalized spacial score (nSPS) is 13.8. The Balaban J connectivity index is 3.00. The van der Waals surface area contributed by atoms with Crippen LogP contribution < -0.4 is 0 Å². The van der Waals surface area contributed by atoms with Crippen molar-refractivity contribution in [3.8, 4) is 11.5 Å². The molecule has 0 saturated heterocycles. The van der Waals surface area contributed by atoms with Gasteiger partial charge in [-0.15, -0.1) is 5.54 Å². The molecule has 0 atom stereocenters. The predicted octanol–water partition coefficient (Wildman–Crippen LogP) is 10.9. The third-order valence-electron chi connectivity index (χ3n) is 7.91. The van der Waals surface area contributed by atoms with E-state index in [2.05, 4.69) is 53.0 Å². The summed E-state index contributed by atoms with van der Waals surface area (Å²) in [7, 11) is -2.23. The molecule has 2 nitrogen and oxygen atoms in total. The lowest BCUT2D eigenvalue weighted by molar-refractivity contribution is -0.138. The summed E-state index contributed by atoms with van der Waals surface area (Å²) in [6.45, 7) is 17.7. The van der Waals surface area contributed by atoms with Crippen molar-refractivity contribution in [1.29, 1.82) is 0 Å². The van der Waals surface area contributed by atoms with Gasteiger partial charge in [0, 0.05) is 24.4 Å². The second-order valence-electron chi connectivity index (χ2n) is 11.6. The van der Waals surface area contributed by atoms with Crippen LogP contribution >= 0.6 is 0 Å². The molecule has 0 heterocycles. The number of rotatable bonds is 12. The Morgan fingerprint density at radius 1 is 0.705 bits per heavy atom. The summed E-state index contributed by atoms with van der Waals surface area (Å²) in [5, 5.41) is 0. The maximum atomic E-state index is 13.5. The molecular formula is C35H44F6O2Si. The molecule has 0 aliphatic rings. The van der Waals surface area contributed by atoms with E-state index in [1.807, 2.05) is 13.8 Å². The molecule has 0 unspecified atom stereocenters. The highest BCUT2D eigenvalue weighted by Crippen LogP contribution is 2.41. The SMILES string of the molecule is CCOCC(=C\c1ccc(C(F)(F)F)cc1)/C(=C(\C#C[Si](C(C)C)(C(C)C)C(C)C)COCC)c1ccc(C(F)(F)F)cc1. The Labute approximate surface area is 259 Å². The maximum Gasteiger partial charge on any atom is 0.416 e. The first kappa shape index (κ1) is 37.4. The number of benzene rings is 2. The Kier molecular flexibility index (Phi) is 13.6. The number of alkyl halides is 6. The minimum atomic E-state index is -4.52. The first-order valence-corrected chi connectivity index (χ1v) is 17.2. The van der Waals surface area contributed by atoms with Crippen LogP contribution in [0.2, 0.25) is 16.6 Å². The van der Waals surface area contributed by atoms with Crippen molar-refractivity contribution in [2.45, 2.75) is 84.4 Å². The lowest BCUT2D eigenvalue weighted by Gasteiger charge is -2.38. The van der Waals surface area contributed by atoms with Gasteiger partial charge in [-0.1, -0.05) is 71.7 Å². The van der Waals surface area contributed by atoms with Crippen LogP contribution in [-0.4, -0.2) is 34.5 Å². The molecule has 0 saturated carbocycles. The molecule has 0 amide bonds. The zero-order valence-corrected chi connectivity index (χ0v) is 27.8. The molecule has 242 valence electrons. The maximum absolute atomic E-state index is 13.5. The van der Waals surface area contributed by atoms with Crippen LogP contribution in [0.3, 0.4) is 0 Å². The molecule has 0 fully saturated rings. The largest absolute Gasteiger partial charge is 0.416 e. The van der Waals surface area contributed by atoms with E-state index in [0.29, 0.717) is 57.7 Å². The van der Waals surface area contributed by atoms with Crippen LogP contribution in [0, 0.1) is 11.5 Å². The van der Waals surface area contributed by atoms with Gasteiger partial charge in [0.25, 0.3) is 0 Å². The van der Waals surface area contributed by atoms with Gasteiger partial charge in [0.05, 0.1) is 24.3 Å². The van der Waals surface area contributed by atoms with E-state index >= 15 is 0 Å². The lowest BCUT2D eigenvalue weighted by atomic mass is 9.91. The summed E-state index contributed by atoms with van der Waals surface area (Å²) >= 11 is 0. The highest BCUT2D eigenvalue weighted by molar-refractivity contribution is 6.90. The van der Waals surface area contributed by atoms with Gasteiger partial charge in [-0.25, -0.2) is 0 Å². The van der Waals surface area contributed by atoms with Crippen molar-refractivity contribution in [2.75, 3.05) is 26.4 Å². The van der Waals surface area contributed by atoms with E-state index < -0.39 is 31.6 Å². The minimum absolute atomic E-state index is 0.0618. The molecule has 0 radical (unpaired) electrons. The van der Waals surface area contributed by atoms with Crippen molar-refractivity contribution in [3.63, 3.8) is 0 Å². The minimum Gasteiger partial charge on any atom is -0.377 e.